The molecular weight excluding hydrogens is 399 g/mol. The SMILES string of the molecule is CCN1c2cc(F)c(/C=C3\SC(=S)N(CC(=O)O)C3=O)cc2C(C)CC1(C)C. The van der Waals surface area contributed by atoms with Crippen molar-refractivity contribution in [2.45, 2.75) is 45.6 Å². The highest BCUT2D eigenvalue weighted by Crippen LogP contribution is 2.44. The predicted molar refractivity (Wildman–Crippen MR) is 114 cm³/mol. The summed E-state index contributed by atoms with van der Waals surface area (Å²) in [5, 5.41) is 8.93. The molecule has 1 aromatic rings. The van der Waals surface area contributed by atoms with E-state index in [0.29, 0.717) is 5.56 Å². The van der Waals surface area contributed by atoms with Crippen LogP contribution in [0.1, 0.15) is 51.2 Å². The van der Waals surface area contributed by atoms with Gasteiger partial charge >= 0.3 is 5.97 Å². The van der Waals surface area contributed by atoms with Gasteiger partial charge in [-0.05, 0) is 56.9 Å². The van der Waals surface area contributed by atoms with E-state index in [1.807, 2.05) is 0 Å². The molecule has 0 aliphatic carbocycles. The van der Waals surface area contributed by atoms with Gasteiger partial charge in [-0.3, -0.25) is 14.5 Å². The highest BCUT2D eigenvalue weighted by molar-refractivity contribution is 8.26. The predicted octanol–water partition coefficient (Wildman–Crippen LogP) is 4.22. The molecule has 1 saturated heterocycles. The van der Waals surface area contributed by atoms with E-state index in [-0.39, 0.29) is 20.7 Å². The van der Waals surface area contributed by atoms with Crippen molar-refractivity contribution in [2.75, 3.05) is 18.0 Å². The van der Waals surface area contributed by atoms with E-state index >= 15 is 0 Å². The van der Waals surface area contributed by atoms with Crippen molar-refractivity contribution in [1.29, 1.82) is 0 Å². The number of halogens is 1. The first-order chi connectivity index (χ1) is 13.0. The molecule has 0 bridgehead atoms. The fourth-order valence-electron chi connectivity index (χ4n) is 4.14. The number of anilines is 1. The number of benzene rings is 1. The van der Waals surface area contributed by atoms with Gasteiger partial charge in [0.25, 0.3) is 5.91 Å². The summed E-state index contributed by atoms with van der Waals surface area (Å²) in [5.74, 6) is -1.81. The molecule has 1 N–H and O–H groups in total. The van der Waals surface area contributed by atoms with Gasteiger partial charge in [-0.1, -0.05) is 30.9 Å². The van der Waals surface area contributed by atoms with Crippen LogP contribution in [-0.4, -0.2) is 44.8 Å². The molecule has 5 nitrogen and oxygen atoms in total. The fraction of sp³-hybridized carbons (Fsp3) is 0.450. The second-order valence-electron chi connectivity index (χ2n) is 7.76. The number of thioether (sulfide) groups is 1. The van der Waals surface area contributed by atoms with Crippen molar-refractivity contribution in [1.82, 2.24) is 4.90 Å². The van der Waals surface area contributed by atoms with Crippen LogP contribution < -0.4 is 4.90 Å². The number of rotatable bonds is 4. The van der Waals surface area contributed by atoms with E-state index < -0.39 is 24.2 Å². The van der Waals surface area contributed by atoms with Crippen molar-refractivity contribution in [3.05, 3.63) is 34.0 Å². The minimum Gasteiger partial charge on any atom is -0.480 e. The summed E-state index contributed by atoms with van der Waals surface area (Å²) in [6, 6.07) is 3.34. The van der Waals surface area contributed by atoms with Crippen LogP contribution in [0.15, 0.2) is 17.0 Å². The third-order valence-corrected chi connectivity index (χ3v) is 6.65. The van der Waals surface area contributed by atoms with Crippen LogP contribution in [0.4, 0.5) is 10.1 Å². The first-order valence-corrected chi connectivity index (χ1v) is 10.4. The second kappa shape index (κ2) is 7.48. The summed E-state index contributed by atoms with van der Waals surface area (Å²) in [6.45, 7) is 8.79. The largest absolute Gasteiger partial charge is 0.480 e. The summed E-state index contributed by atoms with van der Waals surface area (Å²) < 4.78 is 15.1. The number of aliphatic carboxylic acids is 1. The molecule has 1 fully saturated rings. The van der Waals surface area contributed by atoms with E-state index in [2.05, 4.69) is 32.6 Å². The third kappa shape index (κ3) is 3.67. The third-order valence-electron chi connectivity index (χ3n) is 5.27. The molecule has 1 aromatic carbocycles. The molecule has 1 unspecified atom stereocenters. The van der Waals surface area contributed by atoms with E-state index in [9.17, 15) is 14.0 Å². The Morgan fingerprint density at radius 3 is 2.75 bits per heavy atom. The van der Waals surface area contributed by atoms with E-state index in [1.165, 1.54) is 6.08 Å². The number of hydrogen-bond donors (Lipinski definition) is 1. The zero-order valence-corrected chi connectivity index (χ0v) is 17.9. The molecule has 2 aliphatic heterocycles. The lowest BCUT2D eigenvalue weighted by molar-refractivity contribution is -0.140. The Hall–Kier alpha value is -1.93. The van der Waals surface area contributed by atoms with Crippen LogP contribution in [0, 0.1) is 5.82 Å². The van der Waals surface area contributed by atoms with Gasteiger partial charge in [0.05, 0.1) is 4.91 Å². The molecule has 0 saturated carbocycles. The molecule has 1 amide bonds. The summed E-state index contributed by atoms with van der Waals surface area (Å²) in [4.78, 5) is 26.9. The second-order valence-corrected chi connectivity index (χ2v) is 9.43. The highest BCUT2D eigenvalue weighted by Gasteiger charge is 2.37. The van der Waals surface area contributed by atoms with Crippen LogP contribution in [-0.2, 0) is 9.59 Å². The van der Waals surface area contributed by atoms with Crippen molar-refractivity contribution < 1.29 is 19.1 Å². The van der Waals surface area contributed by atoms with E-state index in [1.54, 1.807) is 12.1 Å². The van der Waals surface area contributed by atoms with Gasteiger partial charge < -0.3 is 10.0 Å². The first kappa shape index (κ1) is 20.8. The van der Waals surface area contributed by atoms with Gasteiger partial charge in [0.15, 0.2) is 0 Å². The quantitative estimate of drug-likeness (QED) is 0.579. The standard InChI is InChI=1S/C20H23FN2O3S2/c1-5-23-15-8-14(21)12(6-13(15)11(2)9-20(23,3)4)7-16-18(26)22(10-17(24)25)19(27)28-16/h6-8,11H,5,9-10H2,1-4H3,(H,24,25)/b16-7-. The van der Waals surface area contributed by atoms with Gasteiger partial charge in [0.2, 0.25) is 0 Å². The van der Waals surface area contributed by atoms with Crippen LogP contribution in [0.5, 0.6) is 0 Å². The number of carboxylic acid groups (broad SMARTS) is 1. The maximum atomic E-state index is 14.9. The lowest BCUT2D eigenvalue weighted by Crippen LogP contribution is -2.48. The first-order valence-electron chi connectivity index (χ1n) is 9.13. The monoisotopic (exact) mass is 422 g/mol. The maximum Gasteiger partial charge on any atom is 0.323 e. The van der Waals surface area contributed by atoms with Crippen molar-refractivity contribution in [3.8, 4) is 0 Å². The number of amides is 1. The highest BCUT2D eigenvalue weighted by atomic mass is 32.2. The molecular formula is C20H23FN2O3S2. The molecule has 8 heteroatoms. The minimum atomic E-state index is -1.14. The normalized spacial score (nSPS) is 22.8. The molecule has 0 aromatic heterocycles. The zero-order chi connectivity index (χ0) is 20.8. The Kier molecular flexibility index (Phi) is 5.55. The van der Waals surface area contributed by atoms with E-state index in [0.717, 1.165) is 40.9 Å². The molecule has 1 atom stereocenters. The van der Waals surface area contributed by atoms with Crippen LogP contribution >= 0.6 is 24.0 Å². The average Bonchev–Trinajstić information content (AvgIpc) is 2.83. The molecule has 2 aliphatic rings. The molecule has 2 heterocycles. The Balaban J connectivity index is 2.01. The minimum absolute atomic E-state index is 0.0611. The van der Waals surface area contributed by atoms with Gasteiger partial charge in [-0.25, -0.2) is 4.39 Å². The Morgan fingerprint density at radius 2 is 2.14 bits per heavy atom. The van der Waals surface area contributed by atoms with Crippen molar-refractivity contribution in [2.24, 2.45) is 0 Å². The number of fused-ring (bicyclic) bond motifs is 1. The Labute approximate surface area is 173 Å². The van der Waals surface area contributed by atoms with Gasteiger partial charge in [0.1, 0.15) is 16.7 Å². The van der Waals surface area contributed by atoms with Crippen LogP contribution in [0.25, 0.3) is 6.08 Å². The molecule has 0 radical (unpaired) electrons. The van der Waals surface area contributed by atoms with Gasteiger partial charge in [-0.15, -0.1) is 0 Å². The lowest BCUT2D eigenvalue weighted by Gasteiger charge is -2.47. The topological polar surface area (TPSA) is 60.9 Å². The smallest absolute Gasteiger partial charge is 0.323 e. The van der Waals surface area contributed by atoms with Crippen molar-refractivity contribution >= 4 is 51.9 Å². The Bertz CT molecular complexity index is 898. The number of nitrogens with zero attached hydrogens (tertiary/aromatic N) is 2. The lowest BCUT2D eigenvalue weighted by atomic mass is 9.79. The number of carbonyl (C=O) groups is 2. The number of carbonyl (C=O) groups excluding carboxylic acids is 1. The van der Waals surface area contributed by atoms with E-state index in [4.69, 9.17) is 17.3 Å². The Morgan fingerprint density at radius 1 is 1.46 bits per heavy atom. The number of thiocarbonyl (C=S) groups is 1. The summed E-state index contributed by atoms with van der Waals surface area (Å²) in [5.41, 5.74) is 2.19. The molecule has 0 spiro atoms. The maximum absolute atomic E-state index is 14.9. The fourth-order valence-corrected chi connectivity index (χ4v) is 5.39. The molecule has 28 heavy (non-hydrogen) atoms. The van der Waals surface area contributed by atoms with Gasteiger partial charge in [0, 0.05) is 23.3 Å². The summed E-state index contributed by atoms with van der Waals surface area (Å²) in [6.07, 6.45) is 2.42. The number of hydrogen-bond acceptors (Lipinski definition) is 5. The van der Waals surface area contributed by atoms with Crippen LogP contribution in [0.2, 0.25) is 0 Å². The van der Waals surface area contributed by atoms with Crippen LogP contribution in [0.3, 0.4) is 0 Å². The zero-order valence-electron chi connectivity index (χ0n) is 16.3. The van der Waals surface area contributed by atoms with Crippen molar-refractivity contribution in [3.63, 3.8) is 0 Å². The molecule has 150 valence electrons. The van der Waals surface area contributed by atoms with Gasteiger partial charge in [-0.2, -0.15) is 0 Å². The summed E-state index contributed by atoms with van der Waals surface area (Å²) in [7, 11) is 0. The molecule has 3 rings (SSSR count). The average molecular weight is 423 g/mol. The summed E-state index contributed by atoms with van der Waals surface area (Å²) >= 11 is 6.10. The number of carboxylic acids is 1.